The Bertz CT molecular complexity index is 784. The van der Waals surface area contributed by atoms with E-state index in [0.717, 1.165) is 24.9 Å². The Morgan fingerprint density at radius 1 is 1.31 bits per heavy atom. The van der Waals surface area contributed by atoms with E-state index >= 15 is 0 Å². The molecule has 3 rings (SSSR count). The molecule has 0 saturated carbocycles. The van der Waals surface area contributed by atoms with E-state index in [-0.39, 0.29) is 30.4 Å². The SMILES string of the molecule is CC1CCN(C(=O)c2ccc3c(c2)CC(C)N3S(C)(=O)=O)C(CN)C1.Cl. The van der Waals surface area contributed by atoms with Gasteiger partial charge in [0, 0.05) is 30.7 Å². The van der Waals surface area contributed by atoms with E-state index in [1.165, 1.54) is 10.6 Å². The van der Waals surface area contributed by atoms with Crippen molar-refractivity contribution in [2.24, 2.45) is 11.7 Å². The summed E-state index contributed by atoms with van der Waals surface area (Å²) in [5.41, 5.74) is 8.10. The van der Waals surface area contributed by atoms with Crippen molar-refractivity contribution in [1.82, 2.24) is 4.90 Å². The van der Waals surface area contributed by atoms with E-state index in [2.05, 4.69) is 6.92 Å². The number of piperidine rings is 1. The molecule has 2 N–H and O–H groups in total. The number of hydrogen-bond acceptors (Lipinski definition) is 4. The number of fused-ring (bicyclic) bond motifs is 1. The van der Waals surface area contributed by atoms with Gasteiger partial charge in [-0.3, -0.25) is 9.10 Å². The Hall–Kier alpha value is -1.31. The van der Waals surface area contributed by atoms with Gasteiger partial charge in [0.05, 0.1) is 11.9 Å². The molecule has 2 heterocycles. The molecule has 26 heavy (non-hydrogen) atoms. The van der Waals surface area contributed by atoms with Crippen LogP contribution in [0, 0.1) is 5.92 Å². The van der Waals surface area contributed by atoms with Gasteiger partial charge < -0.3 is 10.6 Å². The molecule has 0 bridgehead atoms. The number of anilines is 1. The van der Waals surface area contributed by atoms with Crippen LogP contribution in [0.15, 0.2) is 18.2 Å². The number of sulfonamides is 1. The summed E-state index contributed by atoms with van der Waals surface area (Å²) in [6, 6.07) is 5.31. The Labute approximate surface area is 162 Å². The number of amides is 1. The van der Waals surface area contributed by atoms with Crippen LogP contribution in [-0.4, -0.2) is 50.7 Å². The summed E-state index contributed by atoms with van der Waals surface area (Å²) >= 11 is 0. The summed E-state index contributed by atoms with van der Waals surface area (Å²) in [5, 5.41) is 0. The number of nitrogens with two attached hydrogens (primary N) is 1. The van der Waals surface area contributed by atoms with Crippen molar-refractivity contribution in [3.8, 4) is 0 Å². The van der Waals surface area contributed by atoms with Gasteiger partial charge in [0.1, 0.15) is 0 Å². The first-order valence-electron chi connectivity index (χ1n) is 8.85. The highest BCUT2D eigenvalue weighted by Gasteiger charge is 2.34. The molecule has 1 amide bonds. The van der Waals surface area contributed by atoms with Crippen molar-refractivity contribution in [1.29, 1.82) is 0 Å². The minimum Gasteiger partial charge on any atom is -0.334 e. The molecule has 1 fully saturated rings. The molecule has 6 nitrogen and oxygen atoms in total. The number of benzene rings is 1. The zero-order valence-electron chi connectivity index (χ0n) is 15.5. The molecule has 146 valence electrons. The van der Waals surface area contributed by atoms with Crippen LogP contribution in [-0.2, 0) is 16.4 Å². The van der Waals surface area contributed by atoms with Crippen LogP contribution < -0.4 is 10.0 Å². The number of likely N-dealkylation sites (tertiary alicyclic amines) is 1. The predicted molar refractivity (Wildman–Crippen MR) is 106 cm³/mol. The highest BCUT2D eigenvalue weighted by Crippen LogP contribution is 2.35. The largest absolute Gasteiger partial charge is 0.334 e. The maximum absolute atomic E-state index is 13.0. The number of carbonyl (C=O) groups excluding carboxylic acids is 1. The Kier molecular flexibility index (Phi) is 6.25. The van der Waals surface area contributed by atoms with Crippen molar-refractivity contribution < 1.29 is 13.2 Å². The molecule has 0 spiro atoms. The van der Waals surface area contributed by atoms with Gasteiger partial charge in [0.2, 0.25) is 10.0 Å². The lowest BCUT2D eigenvalue weighted by molar-refractivity contribution is 0.0573. The van der Waals surface area contributed by atoms with Crippen molar-refractivity contribution >= 4 is 34.0 Å². The third kappa shape index (κ3) is 3.85. The fourth-order valence-corrected chi connectivity index (χ4v) is 5.41. The summed E-state index contributed by atoms with van der Waals surface area (Å²) in [5.74, 6) is 0.581. The topological polar surface area (TPSA) is 83.7 Å². The smallest absolute Gasteiger partial charge is 0.254 e. The second kappa shape index (κ2) is 7.74. The van der Waals surface area contributed by atoms with Crippen LogP contribution in [0.2, 0.25) is 0 Å². The molecular formula is C18H28ClN3O3S. The molecule has 0 aliphatic carbocycles. The van der Waals surface area contributed by atoms with Crippen LogP contribution in [0.1, 0.15) is 42.6 Å². The number of nitrogens with zero attached hydrogens (tertiary/aromatic N) is 2. The lowest BCUT2D eigenvalue weighted by Crippen LogP contribution is -2.49. The Morgan fingerprint density at radius 2 is 2.00 bits per heavy atom. The van der Waals surface area contributed by atoms with Crippen molar-refractivity contribution in [2.75, 3.05) is 23.7 Å². The van der Waals surface area contributed by atoms with E-state index in [0.29, 0.717) is 30.1 Å². The highest BCUT2D eigenvalue weighted by atomic mass is 35.5. The minimum absolute atomic E-state index is 0. The quantitative estimate of drug-likeness (QED) is 0.839. The number of rotatable bonds is 3. The van der Waals surface area contributed by atoms with E-state index < -0.39 is 10.0 Å². The monoisotopic (exact) mass is 401 g/mol. The third-order valence-corrected chi connectivity index (χ3v) is 6.62. The Morgan fingerprint density at radius 3 is 2.62 bits per heavy atom. The van der Waals surface area contributed by atoms with Crippen molar-refractivity contribution in [3.63, 3.8) is 0 Å². The fourth-order valence-electron chi connectivity index (χ4n) is 4.15. The summed E-state index contributed by atoms with van der Waals surface area (Å²) in [7, 11) is -3.32. The van der Waals surface area contributed by atoms with E-state index in [4.69, 9.17) is 5.73 Å². The molecule has 3 unspecified atom stereocenters. The Balaban J connectivity index is 0.00000243. The first-order valence-corrected chi connectivity index (χ1v) is 10.7. The molecular weight excluding hydrogens is 374 g/mol. The van der Waals surface area contributed by atoms with Crippen molar-refractivity contribution in [3.05, 3.63) is 29.3 Å². The highest BCUT2D eigenvalue weighted by molar-refractivity contribution is 7.92. The lowest BCUT2D eigenvalue weighted by Gasteiger charge is -2.38. The molecule has 0 aromatic heterocycles. The molecule has 8 heteroatoms. The lowest BCUT2D eigenvalue weighted by atomic mass is 9.91. The van der Waals surface area contributed by atoms with Gasteiger partial charge in [-0.2, -0.15) is 0 Å². The minimum atomic E-state index is -3.32. The predicted octanol–water partition coefficient (Wildman–Crippen LogP) is 2.02. The standard InChI is InChI=1S/C18H27N3O3S.ClH/c1-12-6-7-20(16(8-12)11-19)18(22)14-4-5-17-15(10-14)9-13(2)21(17)25(3,23)24;/h4-5,10,12-13,16H,6-9,11,19H2,1-3H3;1H. The van der Waals surface area contributed by atoms with Crippen LogP contribution in [0.25, 0.3) is 0 Å². The second-order valence-electron chi connectivity index (χ2n) is 7.47. The number of carbonyl (C=O) groups is 1. The molecule has 1 aromatic carbocycles. The van der Waals surface area contributed by atoms with E-state index in [1.54, 1.807) is 12.1 Å². The number of halogens is 1. The molecule has 0 radical (unpaired) electrons. The van der Waals surface area contributed by atoms with Crippen LogP contribution in [0.5, 0.6) is 0 Å². The summed E-state index contributed by atoms with van der Waals surface area (Å²) in [4.78, 5) is 14.9. The summed E-state index contributed by atoms with van der Waals surface area (Å²) in [6.07, 6.45) is 3.78. The normalized spacial score (nSPS) is 25.6. The maximum atomic E-state index is 13.0. The van der Waals surface area contributed by atoms with Gasteiger partial charge in [-0.1, -0.05) is 6.92 Å². The van der Waals surface area contributed by atoms with Gasteiger partial charge in [-0.25, -0.2) is 8.42 Å². The first-order chi connectivity index (χ1) is 11.7. The van der Waals surface area contributed by atoms with Crippen LogP contribution in [0.3, 0.4) is 0 Å². The first kappa shape index (κ1) is 21.0. The zero-order chi connectivity index (χ0) is 18.4. The van der Waals surface area contributed by atoms with Gasteiger partial charge in [0.15, 0.2) is 0 Å². The summed E-state index contributed by atoms with van der Waals surface area (Å²) in [6.45, 7) is 5.28. The van der Waals surface area contributed by atoms with E-state index in [1.807, 2.05) is 17.9 Å². The fraction of sp³-hybridized carbons (Fsp3) is 0.611. The average molecular weight is 402 g/mol. The second-order valence-corrected chi connectivity index (χ2v) is 9.33. The molecule has 3 atom stereocenters. The zero-order valence-corrected chi connectivity index (χ0v) is 17.1. The van der Waals surface area contributed by atoms with Gasteiger partial charge in [-0.15, -0.1) is 12.4 Å². The van der Waals surface area contributed by atoms with Gasteiger partial charge in [-0.05, 0) is 55.9 Å². The summed E-state index contributed by atoms with van der Waals surface area (Å²) < 4.78 is 25.5. The van der Waals surface area contributed by atoms with E-state index in [9.17, 15) is 13.2 Å². The molecule has 2 aliphatic heterocycles. The molecule has 1 aromatic rings. The molecule has 2 aliphatic rings. The van der Waals surface area contributed by atoms with Crippen molar-refractivity contribution in [2.45, 2.75) is 45.2 Å². The average Bonchev–Trinajstić information content (AvgIpc) is 2.88. The molecule has 1 saturated heterocycles. The number of hydrogen-bond donors (Lipinski definition) is 1. The third-order valence-electron chi connectivity index (χ3n) is 5.35. The van der Waals surface area contributed by atoms with Crippen LogP contribution >= 0.6 is 12.4 Å². The maximum Gasteiger partial charge on any atom is 0.254 e. The van der Waals surface area contributed by atoms with Gasteiger partial charge in [0.25, 0.3) is 5.91 Å². The van der Waals surface area contributed by atoms with Crippen LogP contribution in [0.4, 0.5) is 5.69 Å². The van der Waals surface area contributed by atoms with Gasteiger partial charge >= 0.3 is 0 Å².